The second-order valence-corrected chi connectivity index (χ2v) is 5.77. The van der Waals surface area contributed by atoms with Crippen molar-refractivity contribution in [1.29, 1.82) is 0 Å². The molecular weight excluding hydrogens is 280 g/mol. The standard InChI is InChI=1S/C16H18N4S/c1-3-20-8-7-17-16(20)13-5-4-6-14(9-13)18-10-15-12(2)19-11-21-15/h4-9,11,18H,3,10H2,1-2H3. The molecule has 4 nitrogen and oxygen atoms in total. The van der Waals surface area contributed by atoms with Gasteiger partial charge in [-0.25, -0.2) is 9.97 Å². The monoisotopic (exact) mass is 298 g/mol. The lowest BCUT2D eigenvalue weighted by atomic mass is 10.2. The molecule has 0 saturated carbocycles. The first-order valence-corrected chi connectivity index (χ1v) is 7.90. The highest BCUT2D eigenvalue weighted by Crippen LogP contribution is 2.22. The van der Waals surface area contributed by atoms with E-state index in [9.17, 15) is 0 Å². The van der Waals surface area contributed by atoms with Crippen molar-refractivity contribution in [3.63, 3.8) is 0 Å². The number of hydrogen-bond acceptors (Lipinski definition) is 4. The molecule has 21 heavy (non-hydrogen) atoms. The Kier molecular flexibility index (Phi) is 4.01. The molecule has 0 fully saturated rings. The molecule has 1 aromatic carbocycles. The fraction of sp³-hybridized carbons (Fsp3) is 0.250. The Morgan fingerprint density at radius 3 is 2.95 bits per heavy atom. The van der Waals surface area contributed by atoms with Crippen molar-refractivity contribution >= 4 is 17.0 Å². The van der Waals surface area contributed by atoms with Crippen LogP contribution >= 0.6 is 11.3 Å². The summed E-state index contributed by atoms with van der Waals surface area (Å²) in [6.45, 7) is 5.90. The summed E-state index contributed by atoms with van der Waals surface area (Å²) in [7, 11) is 0. The average Bonchev–Trinajstić information content (AvgIpc) is 3.14. The van der Waals surface area contributed by atoms with Gasteiger partial charge in [0.1, 0.15) is 5.82 Å². The highest BCUT2D eigenvalue weighted by atomic mass is 32.1. The SMILES string of the molecule is CCn1ccnc1-c1cccc(NCc2scnc2C)c1. The fourth-order valence-electron chi connectivity index (χ4n) is 2.27. The highest BCUT2D eigenvalue weighted by molar-refractivity contribution is 7.09. The van der Waals surface area contributed by atoms with Crippen LogP contribution in [0.2, 0.25) is 0 Å². The third kappa shape index (κ3) is 2.97. The fourth-order valence-corrected chi connectivity index (χ4v) is 2.99. The van der Waals surface area contributed by atoms with Gasteiger partial charge < -0.3 is 9.88 Å². The quantitative estimate of drug-likeness (QED) is 0.775. The molecule has 108 valence electrons. The predicted molar refractivity (Wildman–Crippen MR) is 87.5 cm³/mol. The molecule has 2 heterocycles. The van der Waals surface area contributed by atoms with Gasteiger partial charge in [0, 0.05) is 35.1 Å². The van der Waals surface area contributed by atoms with Crippen molar-refractivity contribution in [1.82, 2.24) is 14.5 Å². The van der Waals surface area contributed by atoms with E-state index in [1.165, 1.54) is 4.88 Å². The van der Waals surface area contributed by atoms with Gasteiger partial charge >= 0.3 is 0 Å². The van der Waals surface area contributed by atoms with Gasteiger partial charge in [0.05, 0.1) is 17.7 Å². The second-order valence-electron chi connectivity index (χ2n) is 4.83. The minimum Gasteiger partial charge on any atom is -0.380 e. The molecule has 1 N–H and O–H groups in total. The lowest BCUT2D eigenvalue weighted by molar-refractivity contribution is 0.771. The van der Waals surface area contributed by atoms with E-state index in [1.807, 2.05) is 24.8 Å². The number of nitrogens with one attached hydrogen (secondary N) is 1. The topological polar surface area (TPSA) is 42.7 Å². The molecule has 0 amide bonds. The molecular formula is C16H18N4S. The first-order chi connectivity index (χ1) is 10.3. The van der Waals surface area contributed by atoms with Gasteiger partial charge in [-0.3, -0.25) is 0 Å². The number of anilines is 1. The Morgan fingerprint density at radius 1 is 1.29 bits per heavy atom. The maximum absolute atomic E-state index is 4.45. The van der Waals surface area contributed by atoms with Crippen molar-refractivity contribution in [2.75, 3.05) is 5.32 Å². The van der Waals surface area contributed by atoms with E-state index < -0.39 is 0 Å². The van der Waals surface area contributed by atoms with Gasteiger partial charge in [0.2, 0.25) is 0 Å². The average molecular weight is 298 g/mol. The first-order valence-electron chi connectivity index (χ1n) is 7.02. The zero-order valence-electron chi connectivity index (χ0n) is 12.2. The van der Waals surface area contributed by atoms with Gasteiger partial charge in [0.25, 0.3) is 0 Å². The third-order valence-corrected chi connectivity index (χ3v) is 4.41. The molecule has 3 aromatic rings. The van der Waals surface area contributed by atoms with E-state index in [1.54, 1.807) is 11.3 Å². The van der Waals surface area contributed by atoms with Gasteiger partial charge in [-0.1, -0.05) is 12.1 Å². The molecule has 0 saturated heterocycles. The van der Waals surface area contributed by atoms with Crippen LogP contribution in [-0.4, -0.2) is 14.5 Å². The number of thiazole rings is 1. The maximum Gasteiger partial charge on any atom is 0.139 e. The summed E-state index contributed by atoms with van der Waals surface area (Å²) >= 11 is 1.69. The highest BCUT2D eigenvalue weighted by Gasteiger charge is 2.06. The molecule has 0 aliphatic heterocycles. The van der Waals surface area contributed by atoms with Crippen molar-refractivity contribution in [2.45, 2.75) is 26.9 Å². The molecule has 2 aromatic heterocycles. The van der Waals surface area contributed by atoms with Gasteiger partial charge in [-0.2, -0.15) is 0 Å². The van der Waals surface area contributed by atoms with E-state index in [-0.39, 0.29) is 0 Å². The number of benzene rings is 1. The van der Waals surface area contributed by atoms with Crippen LogP contribution in [-0.2, 0) is 13.1 Å². The summed E-state index contributed by atoms with van der Waals surface area (Å²) in [5.41, 5.74) is 5.23. The van der Waals surface area contributed by atoms with Crippen LogP contribution in [0.3, 0.4) is 0 Å². The van der Waals surface area contributed by atoms with E-state index in [0.29, 0.717) is 0 Å². The summed E-state index contributed by atoms with van der Waals surface area (Å²) in [4.78, 5) is 10.00. The summed E-state index contributed by atoms with van der Waals surface area (Å²) in [6.07, 6.45) is 3.86. The third-order valence-electron chi connectivity index (χ3n) is 3.47. The molecule has 0 bridgehead atoms. The number of aryl methyl sites for hydroxylation is 2. The van der Waals surface area contributed by atoms with Crippen molar-refractivity contribution < 1.29 is 0 Å². The zero-order chi connectivity index (χ0) is 14.7. The summed E-state index contributed by atoms with van der Waals surface area (Å²) in [5, 5.41) is 3.46. The van der Waals surface area contributed by atoms with Crippen LogP contribution in [0.15, 0.2) is 42.2 Å². The first kappa shape index (κ1) is 13.8. The second kappa shape index (κ2) is 6.10. The van der Waals surface area contributed by atoms with Crippen LogP contribution in [0, 0.1) is 6.92 Å². The van der Waals surface area contributed by atoms with Crippen LogP contribution in [0.1, 0.15) is 17.5 Å². The zero-order valence-corrected chi connectivity index (χ0v) is 13.0. The molecule has 0 aliphatic rings. The summed E-state index contributed by atoms with van der Waals surface area (Å²) in [6, 6.07) is 8.38. The van der Waals surface area contributed by atoms with Gasteiger partial charge in [0.15, 0.2) is 0 Å². The van der Waals surface area contributed by atoms with Gasteiger partial charge in [-0.05, 0) is 26.0 Å². The lowest BCUT2D eigenvalue weighted by Gasteiger charge is -2.09. The number of nitrogens with zero attached hydrogens (tertiary/aromatic N) is 3. The van der Waals surface area contributed by atoms with E-state index in [4.69, 9.17) is 0 Å². The Morgan fingerprint density at radius 2 is 2.19 bits per heavy atom. The van der Waals surface area contributed by atoms with Crippen LogP contribution < -0.4 is 5.32 Å². The molecule has 0 atom stereocenters. The number of aromatic nitrogens is 3. The minimum atomic E-state index is 0.808. The molecule has 0 unspecified atom stereocenters. The number of rotatable bonds is 5. The Labute approximate surface area is 128 Å². The Hall–Kier alpha value is -2.14. The smallest absolute Gasteiger partial charge is 0.139 e. The van der Waals surface area contributed by atoms with Gasteiger partial charge in [-0.15, -0.1) is 11.3 Å². The van der Waals surface area contributed by atoms with Crippen molar-refractivity contribution in [3.05, 3.63) is 52.7 Å². The minimum absolute atomic E-state index is 0.808. The van der Waals surface area contributed by atoms with E-state index in [2.05, 4.69) is 51.0 Å². The van der Waals surface area contributed by atoms with Crippen LogP contribution in [0.4, 0.5) is 5.69 Å². The Balaban J connectivity index is 1.79. The van der Waals surface area contributed by atoms with E-state index in [0.717, 1.165) is 35.9 Å². The predicted octanol–water partition coefficient (Wildman–Crippen LogP) is 3.95. The molecule has 5 heteroatoms. The number of imidazole rings is 1. The Bertz CT molecular complexity index is 729. The summed E-state index contributed by atoms with van der Waals surface area (Å²) in [5.74, 6) is 1.01. The summed E-state index contributed by atoms with van der Waals surface area (Å²) < 4.78 is 2.15. The van der Waals surface area contributed by atoms with Crippen molar-refractivity contribution in [3.8, 4) is 11.4 Å². The largest absolute Gasteiger partial charge is 0.380 e. The number of hydrogen-bond donors (Lipinski definition) is 1. The molecule has 3 rings (SSSR count). The molecule has 0 radical (unpaired) electrons. The molecule has 0 spiro atoms. The maximum atomic E-state index is 4.45. The van der Waals surface area contributed by atoms with E-state index >= 15 is 0 Å². The van der Waals surface area contributed by atoms with Crippen LogP contribution in [0.5, 0.6) is 0 Å². The van der Waals surface area contributed by atoms with Crippen LogP contribution in [0.25, 0.3) is 11.4 Å². The normalized spacial score (nSPS) is 10.8. The molecule has 0 aliphatic carbocycles. The lowest BCUT2D eigenvalue weighted by Crippen LogP contribution is -2.00. The van der Waals surface area contributed by atoms with Crippen molar-refractivity contribution in [2.24, 2.45) is 0 Å².